The minimum Gasteiger partial charge on any atom is -0.464 e. The Morgan fingerprint density at radius 2 is 1.68 bits per heavy atom. The van der Waals surface area contributed by atoms with Crippen molar-refractivity contribution in [2.75, 3.05) is 7.11 Å². The number of nitrogens with zero attached hydrogens (tertiary/aromatic N) is 3. The van der Waals surface area contributed by atoms with Crippen molar-refractivity contribution < 1.29 is 9.53 Å². The maximum Gasteiger partial charge on any atom is 0.358 e. The molecule has 4 rings (SSSR count). The zero-order valence-electron chi connectivity index (χ0n) is 15.9. The molecule has 0 spiro atoms. The summed E-state index contributed by atoms with van der Waals surface area (Å²) in [6.07, 6.45) is 1.79. The Balaban J connectivity index is 0.00000109. The summed E-state index contributed by atoms with van der Waals surface area (Å²) < 4.78 is 6.45. The molecule has 0 atom stereocenters. The molecule has 5 nitrogen and oxygen atoms in total. The summed E-state index contributed by atoms with van der Waals surface area (Å²) in [6, 6.07) is 19.0. The van der Waals surface area contributed by atoms with Crippen LogP contribution in [-0.4, -0.2) is 27.7 Å². The van der Waals surface area contributed by atoms with Gasteiger partial charge < -0.3 is 4.74 Å². The van der Waals surface area contributed by atoms with Gasteiger partial charge in [-0.15, -0.1) is 0 Å². The van der Waals surface area contributed by atoms with Crippen LogP contribution >= 0.6 is 11.6 Å². The molecule has 0 aliphatic carbocycles. The van der Waals surface area contributed by atoms with Gasteiger partial charge in [-0.3, -0.25) is 0 Å². The third-order valence-corrected chi connectivity index (χ3v) is 4.33. The predicted octanol–water partition coefficient (Wildman–Crippen LogP) is 5.53. The molecule has 0 amide bonds. The summed E-state index contributed by atoms with van der Waals surface area (Å²) in [5, 5.41) is 5.06. The minimum atomic E-state index is -0.501. The second-order valence-electron chi connectivity index (χ2n) is 5.68. The first kappa shape index (κ1) is 19.6. The van der Waals surface area contributed by atoms with Crippen molar-refractivity contribution in [3.05, 3.63) is 77.6 Å². The lowest BCUT2D eigenvalue weighted by atomic mass is 10.0. The van der Waals surface area contributed by atoms with E-state index in [2.05, 4.69) is 10.1 Å². The zero-order valence-corrected chi connectivity index (χ0v) is 16.6. The van der Waals surface area contributed by atoms with Crippen LogP contribution in [-0.2, 0) is 4.74 Å². The van der Waals surface area contributed by atoms with Crippen LogP contribution in [0, 0.1) is 0 Å². The minimum absolute atomic E-state index is 0.209. The standard InChI is InChI=1S/C20H14ClN3O2.C2H6/c1-26-20(25)17-11-18-22-12-16(13-5-3-2-4-6-13)19(24(18)23-17)14-7-9-15(21)10-8-14;1-2/h2-12H,1H3;1-2H3. The van der Waals surface area contributed by atoms with Gasteiger partial charge in [0.05, 0.1) is 12.8 Å². The second kappa shape index (κ2) is 8.67. The Hall–Kier alpha value is -3.18. The molecular formula is C22H20ClN3O2. The number of carbonyl (C=O) groups is 1. The lowest BCUT2D eigenvalue weighted by Crippen LogP contribution is -2.04. The van der Waals surface area contributed by atoms with Crippen molar-refractivity contribution in [2.45, 2.75) is 13.8 Å². The highest BCUT2D eigenvalue weighted by atomic mass is 35.5. The number of ether oxygens (including phenoxy) is 1. The molecule has 0 saturated carbocycles. The van der Waals surface area contributed by atoms with E-state index in [1.165, 1.54) is 7.11 Å². The highest BCUT2D eigenvalue weighted by Crippen LogP contribution is 2.32. The summed E-state index contributed by atoms with van der Waals surface area (Å²) >= 11 is 6.04. The first-order chi connectivity index (χ1) is 13.7. The average Bonchev–Trinajstić information content (AvgIpc) is 3.19. The van der Waals surface area contributed by atoms with Crippen LogP contribution in [0.1, 0.15) is 24.3 Å². The molecule has 142 valence electrons. The number of hydrogen-bond acceptors (Lipinski definition) is 4. The smallest absolute Gasteiger partial charge is 0.358 e. The first-order valence-electron chi connectivity index (χ1n) is 8.96. The van der Waals surface area contributed by atoms with Gasteiger partial charge in [0, 0.05) is 28.4 Å². The lowest BCUT2D eigenvalue weighted by molar-refractivity contribution is 0.0593. The number of methoxy groups -OCH3 is 1. The van der Waals surface area contributed by atoms with Gasteiger partial charge in [0.1, 0.15) is 0 Å². The van der Waals surface area contributed by atoms with Crippen molar-refractivity contribution >= 4 is 23.2 Å². The zero-order chi connectivity index (χ0) is 20.1. The largest absolute Gasteiger partial charge is 0.464 e. The molecule has 28 heavy (non-hydrogen) atoms. The van der Waals surface area contributed by atoms with Crippen LogP contribution in [0.15, 0.2) is 66.9 Å². The molecule has 0 radical (unpaired) electrons. The number of rotatable bonds is 3. The summed E-state index contributed by atoms with van der Waals surface area (Å²) in [4.78, 5) is 16.4. The normalized spacial score (nSPS) is 10.3. The van der Waals surface area contributed by atoms with Gasteiger partial charge in [-0.1, -0.05) is 67.9 Å². The van der Waals surface area contributed by atoms with Crippen molar-refractivity contribution in [3.63, 3.8) is 0 Å². The fourth-order valence-electron chi connectivity index (χ4n) is 2.85. The van der Waals surface area contributed by atoms with Gasteiger partial charge in [0.25, 0.3) is 0 Å². The molecular weight excluding hydrogens is 374 g/mol. The maximum atomic E-state index is 11.9. The van der Waals surface area contributed by atoms with Crippen molar-refractivity contribution in [2.24, 2.45) is 0 Å². The predicted molar refractivity (Wildman–Crippen MR) is 112 cm³/mol. The molecule has 0 N–H and O–H groups in total. The van der Waals surface area contributed by atoms with Crippen molar-refractivity contribution in [3.8, 4) is 22.4 Å². The summed E-state index contributed by atoms with van der Waals surface area (Å²) in [7, 11) is 1.33. The number of fused-ring (bicyclic) bond motifs is 1. The lowest BCUT2D eigenvalue weighted by Gasteiger charge is -2.12. The fourth-order valence-corrected chi connectivity index (χ4v) is 2.98. The highest BCUT2D eigenvalue weighted by Gasteiger charge is 2.18. The number of benzene rings is 2. The van der Waals surface area contributed by atoms with Crippen LogP contribution < -0.4 is 0 Å². The quantitative estimate of drug-likeness (QED) is 0.429. The molecule has 0 saturated heterocycles. The first-order valence-corrected chi connectivity index (χ1v) is 9.33. The molecule has 2 heterocycles. The Morgan fingerprint density at radius 3 is 2.32 bits per heavy atom. The van der Waals surface area contributed by atoms with E-state index in [4.69, 9.17) is 16.3 Å². The van der Waals surface area contributed by atoms with E-state index in [0.717, 1.165) is 22.4 Å². The van der Waals surface area contributed by atoms with Crippen molar-refractivity contribution in [1.82, 2.24) is 14.6 Å². The van der Waals surface area contributed by atoms with Crippen LogP contribution in [0.4, 0.5) is 0 Å². The van der Waals surface area contributed by atoms with Gasteiger partial charge in [0.2, 0.25) is 0 Å². The Morgan fingerprint density at radius 1 is 1.00 bits per heavy atom. The number of esters is 1. The third kappa shape index (κ3) is 3.75. The van der Waals surface area contributed by atoms with E-state index in [1.54, 1.807) is 16.8 Å². The number of hydrogen-bond donors (Lipinski definition) is 0. The van der Waals surface area contributed by atoms with E-state index in [-0.39, 0.29) is 5.69 Å². The van der Waals surface area contributed by atoms with E-state index in [9.17, 15) is 4.79 Å². The van der Waals surface area contributed by atoms with E-state index in [0.29, 0.717) is 10.7 Å². The maximum absolute atomic E-state index is 11.9. The molecule has 0 unspecified atom stereocenters. The van der Waals surface area contributed by atoms with Crippen LogP contribution in [0.2, 0.25) is 5.02 Å². The molecule has 2 aromatic heterocycles. The topological polar surface area (TPSA) is 56.5 Å². The highest BCUT2D eigenvalue weighted by molar-refractivity contribution is 6.30. The van der Waals surface area contributed by atoms with E-state index in [1.807, 2.05) is 68.4 Å². The summed E-state index contributed by atoms with van der Waals surface area (Å²) in [5.41, 5.74) is 4.42. The molecule has 0 aliphatic heterocycles. The Bertz CT molecular complexity index is 1090. The van der Waals surface area contributed by atoms with Gasteiger partial charge in [-0.05, 0) is 17.7 Å². The number of carbonyl (C=O) groups excluding carboxylic acids is 1. The summed E-state index contributed by atoms with van der Waals surface area (Å²) in [6.45, 7) is 4.00. The monoisotopic (exact) mass is 393 g/mol. The average molecular weight is 394 g/mol. The van der Waals surface area contributed by atoms with Crippen molar-refractivity contribution in [1.29, 1.82) is 0 Å². The molecule has 0 bridgehead atoms. The Kier molecular flexibility index (Phi) is 6.06. The molecule has 0 fully saturated rings. The third-order valence-electron chi connectivity index (χ3n) is 4.08. The SMILES string of the molecule is CC.COC(=O)c1cc2ncc(-c3ccccc3)c(-c3ccc(Cl)cc3)n2n1. The fraction of sp³-hybridized carbons (Fsp3) is 0.136. The van der Waals surface area contributed by atoms with Gasteiger partial charge in [-0.2, -0.15) is 5.10 Å². The number of halogens is 1. The molecule has 4 aromatic rings. The van der Waals surface area contributed by atoms with Crippen LogP contribution in [0.3, 0.4) is 0 Å². The molecule has 6 heteroatoms. The van der Waals surface area contributed by atoms with Crippen LogP contribution in [0.5, 0.6) is 0 Å². The van der Waals surface area contributed by atoms with E-state index >= 15 is 0 Å². The molecule has 0 aliphatic rings. The van der Waals surface area contributed by atoms with Gasteiger partial charge in [-0.25, -0.2) is 14.3 Å². The van der Waals surface area contributed by atoms with Gasteiger partial charge in [0.15, 0.2) is 11.3 Å². The summed E-state index contributed by atoms with van der Waals surface area (Å²) in [5.74, 6) is -0.501. The number of aromatic nitrogens is 3. The van der Waals surface area contributed by atoms with E-state index < -0.39 is 5.97 Å². The second-order valence-corrected chi connectivity index (χ2v) is 6.12. The Labute approximate surface area is 168 Å². The van der Waals surface area contributed by atoms with Gasteiger partial charge >= 0.3 is 5.97 Å². The van der Waals surface area contributed by atoms with Crippen LogP contribution in [0.25, 0.3) is 28.0 Å². The molecule has 2 aromatic carbocycles.